The van der Waals surface area contributed by atoms with E-state index in [2.05, 4.69) is 25.0 Å². The van der Waals surface area contributed by atoms with Gasteiger partial charge in [-0.2, -0.15) is 13.2 Å². The summed E-state index contributed by atoms with van der Waals surface area (Å²) in [5.41, 5.74) is -0.258. The van der Waals surface area contributed by atoms with Crippen molar-refractivity contribution < 1.29 is 27.4 Å². The van der Waals surface area contributed by atoms with E-state index in [9.17, 15) is 18.0 Å². The van der Waals surface area contributed by atoms with Gasteiger partial charge in [-0.15, -0.1) is 5.10 Å². The zero-order valence-corrected chi connectivity index (χ0v) is 20.8. The summed E-state index contributed by atoms with van der Waals surface area (Å²) in [5, 5.41) is 4.54. The van der Waals surface area contributed by atoms with Crippen LogP contribution in [0.3, 0.4) is 0 Å². The normalized spacial score (nSPS) is 22.0. The summed E-state index contributed by atoms with van der Waals surface area (Å²) >= 11 is 0. The molecule has 38 heavy (non-hydrogen) atoms. The van der Waals surface area contributed by atoms with Gasteiger partial charge in [0.1, 0.15) is 11.5 Å². The minimum Gasteiger partial charge on any atom is -0.478 e. The summed E-state index contributed by atoms with van der Waals surface area (Å²) in [6, 6.07) is 0.804. The van der Waals surface area contributed by atoms with Gasteiger partial charge in [0.25, 0.3) is 5.88 Å². The molecule has 11 nitrogen and oxygen atoms in total. The fraction of sp³-hybridized carbons (Fsp3) is 0.583. The van der Waals surface area contributed by atoms with E-state index in [4.69, 9.17) is 14.5 Å². The maximum absolute atomic E-state index is 13.1. The van der Waals surface area contributed by atoms with Crippen molar-refractivity contribution in [1.82, 2.24) is 29.7 Å². The summed E-state index contributed by atoms with van der Waals surface area (Å²) < 4.78 is 52.5. The number of carbonyl (C=O) groups is 1. The number of ether oxygens (including phenoxy) is 2. The molecule has 6 heterocycles. The van der Waals surface area contributed by atoms with Crippen LogP contribution < -0.4 is 14.5 Å². The van der Waals surface area contributed by atoms with Gasteiger partial charge in [-0.1, -0.05) is 0 Å². The molecule has 0 aliphatic carbocycles. The molecular weight excluding hydrogens is 505 g/mol. The van der Waals surface area contributed by atoms with Crippen LogP contribution in [0.25, 0.3) is 11.2 Å². The first-order valence-corrected chi connectivity index (χ1v) is 12.6. The fourth-order valence-electron chi connectivity index (χ4n) is 5.54. The number of amides is 1. The molecular formula is C24H27F3N8O3. The van der Waals surface area contributed by atoms with Gasteiger partial charge in [0.15, 0.2) is 17.4 Å². The first-order valence-electron chi connectivity index (χ1n) is 12.6. The highest BCUT2D eigenvalue weighted by Crippen LogP contribution is 2.43. The first-order chi connectivity index (χ1) is 18.3. The number of aromatic nitrogens is 6. The summed E-state index contributed by atoms with van der Waals surface area (Å²) in [7, 11) is 1.55. The molecule has 3 aliphatic heterocycles. The minimum atomic E-state index is -4.60. The van der Waals surface area contributed by atoms with E-state index in [1.165, 1.54) is 4.90 Å². The molecule has 3 fully saturated rings. The monoisotopic (exact) mass is 532 g/mol. The fourth-order valence-corrected chi connectivity index (χ4v) is 5.54. The van der Waals surface area contributed by atoms with Crippen LogP contribution in [0.2, 0.25) is 0 Å². The van der Waals surface area contributed by atoms with Crippen LogP contribution in [-0.2, 0) is 15.7 Å². The van der Waals surface area contributed by atoms with E-state index in [0.29, 0.717) is 55.4 Å². The van der Waals surface area contributed by atoms with Crippen LogP contribution in [0.4, 0.5) is 24.9 Å². The number of alkyl halides is 3. The van der Waals surface area contributed by atoms with E-state index >= 15 is 0 Å². The first kappa shape index (κ1) is 24.8. The van der Waals surface area contributed by atoms with Crippen molar-refractivity contribution in [3.8, 4) is 5.88 Å². The lowest BCUT2D eigenvalue weighted by atomic mass is 9.77. The standard InChI is InChI=1S/C24H27F3N8O3/c1-37-21-19-20(35(32-21)18-4-2-3-11-38-18)31-16(13-29-19)33-9-6-23(7-10-33)12-17(36)34(14-23)22-28-8-5-15(30-22)24(25,26)27/h5,8,13,18H,2-4,6-7,9-12,14H2,1H3. The van der Waals surface area contributed by atoms with Crippen LogP contribution in [-0.4, -0.2) is 69.0 Å². The molecule has 0 aromatic carbocycles. The molecule has 0 saturated carbocycles. The Morgan fingerprint density at radius 2 is 1.97 bits per heavy atom. The minimum absolute atomic E-state index is 0.201. The molecule has 3 aromatic heterocycles. The predicted octanol–water partition coefficient (Wildman–Crippen LogP) is 3.37. The summed E-state index contributed by atoms with van der Waals surface area (Å²) in [6.45, 7) is 2.19. The SMILES string of the molecule is COc1nn(C2CCCCO2)c2nc(N3CCC4(CC3)CC(=O)N(c3nccc(C(F)(F)F)n3)C4)cnc12. The molecule has 0 N–H and O–H groups in total. The molecule has 1 amide bonds. The summed E-state index contributed by atoms with van der Waals surface area (Å²) in [4.78, 5) is 33.2. The van der Waals surface area contributed by atoms with Gasteiger partial charge in [-0.3, -0.25) is 9.69 Å². The highest BCUT2D eigenvalue weighted by Gasteiger charge is 2.47. The molecule has 3 aliphatic rings. The van der Waals surface area contributed by atoms with Crippen LogP contribution >= 0.6 is 0 Å². The van der Waals surface area contributed by atoms with Crippen molar-refractivity contribution in [2.75, 3.05) is 43.2 Å². The molecule has 0 radical (unpaired) electrons. The molecule has 3 aromatic rings. The number of hydrogen-bond acceptors (Lipinski definition) is 9. The summed E-state index contributed by atoms with van der Waals surface area (Å²) in [6.07, 6.45) is 2.37. The van der Waals surface area contributed by atoms with E-state index < -0.39 is 11.9 Å². The third-order valence-corrected chi connectivity index (χ3v) is 7.62. The van der Waals surface area contributed by atoms with Gasteiger partial charge < -0.3 is 14.4 Å². The van der Waals surface area contributed by atoms with Gasteiger partial charge in [0.05, 0.1) is 13.3 Å². The Morgan fingerprint density at radius 1 is 1.16 bits per heavy atom. The lowest BCUT2D eigenvalue weighted by Crippen LogP contribution is -2.42. The Morgan fingerprint density at radius 3 is 2.68 bits per heavy atom. The van der Waals surface area contributed by atoms with E-state index in [1.54, 1.807) is 18.0 Å². The molecule has 3 saturated heterocycles. The Hall–Kier alpha value is -3.55. The van der Waals surface area contributed by atoms with Gasteiger partial charge in [0.2, 0.25) is 11.9 Å². The van der Waals surface area contributed by atoms with Gasteiger partial charge in [-0.25, -0.2) is 24.6 Å². The third kappa shape index (κ3) is 4.40. The molecule has 14 heteroatoms. The molecule has 1 unspecified atom stereocenters. The van der Waals surface area contributed by atoms with E-state index in [0.717, 1.165) is 31.5 Å². The number of rotatable bonds is 4. The molecule has 202 valence electrons. The van der Waals surface area contributed by atoms with Gasteiger partial charge >= 0.3 is 6.18 Å². The number of halogens is 3. The van der Waals surface area contributed by atoms with Crippen molar-refractivity contribution in [2.45, 2.75) is 50.9 Å². The number of methoxy groups -OCH3 is 1. The summed E-state index contributed by atoms with van der Waals surface area (Å²) in [5.74, 6) is 0.622. The average molecular weight is 533 g/mol. The zero-order valence-electron chi connectivity index (χ0n) is 20.8. The number of anilines is 2. The van der Waals surface area contributed by atoms with Crippen molar-refractivity contribution in [2.24, 2.45) is 5.41 Å². The van der Waals surface area contributed by atoms with Gasteiger partial charge in [-0.05, 0) is 38.2 Å². The van der Waals surface area contributed by atoms with Gasteiger partial charge in [0, 0.05) is 44.3 Å². The largest absolute Gasteiger partial charge is 0.478 e. The number of nitrogens with zero attached hydrogens (tertiary/aromatic N) is 8. The molecule has 0 bridgehead atoms. The van der Waals surface area contributed by atoms with E-state index in [-0.39, 0.29) is 36.5 Å². The van der Waals surface area contributed by atoms with Crippen molar-refractivity contribution in [1.29, 1.82) is 0 Å². The predicted molar refractivity (Wildman–Crippen MR) is 129 cm³/mol. The van der Waals surface area contributed by atoms with Crippen LogP contribution in [0.15, 0.2) is 18.5 Å². The lowest BCUT2D eigenvalue weighted by Gasteiger charge is -2.39. The Balaban J connectivity index is 1.19. The van der Waals surface area contributed by atoms with Crippen molar-refractivity contribution in [3.05, 3.63) is 24.2 Å². The lowest BCUT2D eigenvalue weighted by molar-refractivity contribution is -0.141. The molecule has 1 atom stereocenters. The number of carbonyl (C=O) groups excluding carboxylic acids is 1. The Labute approximate surface area is 216 Å². The highest BCUT2D eigenvalue weighted by molar-refractivity contribution is 5.94. The maximum Gasteiger partial charge on any atom is 0.433 e. The Kier molecular flexibility index (Phi) is 6.08. The topological polar surface area (TPSA) is 111 Å². The molecule has 1 spiro atoms. The number of hydrogen-bond donors (Lipinski definition) is 0. The maximum atomic E-state index is 13.1. The number of piperidine rings is 1. The second-order valence-corrected chi connectivity index (χ2v) is 10.1. The second-order valence-electron chi connectivity index (χ2n) is 10.1. The second kappa shape index (κ2) is 9.33. The van der Waals surface area contributed by atoms with Crippen molar-refractivity contribution >= 4 is 28.8 Å². The molecule has 6 rings (SSSR count). The Bertz CT molecular complexity index is 1350. The van der Waals surface area contributed by atoms with Crippen LogP contribution in [0, 0.1) is 5.41 Å². The van der Waals surface area contributed by atoms with Crippen molar-refractivity contribution in [3.63, 3.8) is 0 Å². The third-order valence-electron chi connectivity index (χ3n) is 7.62. The quantitative estimate of drug-likeness (QED) is 0.499. The average Bonchev–Trinajstić information content (AvgIpc) is 3.46. The van der Waals surface area contributed by atoms with Crippen LogP contribution in [0.5, 0.6) is 5.88 Å². The highest BCUT2D eigenvalue weighted by atomic mass is 19.4. The van der Waals surface area contributed by atoms with Crippen LogP contribution in [0.1, 0.15) is 50.4 Å². The zero-order chi connectivity index (χ0) is 26.5. The smallest absolute Gasteiger partial charge is 0.433 e. The number of fused-ring (bicyclic) bond motifs is 1. The van der Waals surface area contributed by atoms with E-state index in [1.807, 2.05) is 0 Å².